The summed E-state index contributed by atoms with van der Waals surface area (Å²) in [7, 11) is 1.64. The van der Waals surface area contributed by atoms with E-state index in [0.29, 0.717) is 17.0 Å². The van der Waals surface area contributed by atoms with E-state index in [1.54, 1.807) is 7.11 Å². The highest BCUT2D eigenvalue weighted by atomic mass is 35.5. The molecule has 0 aliphatic carbocycles. The summed E-state index contributed by atoms with van der Waals surface area (Å²) in [6.45, 7) is 6.11. The third-order valence-electron chi connectivity index (χ3n) is 4.05. The maximum absolute atomic E-state index is 6.27. The van der Waals surface area contributed by atoms with Gasteiger partial charge in [0.05, 0.1) is 18.2 Å². The average molecular weight is 298 g/mol. The van der Waals surface area contributed by atoms with Crippen molar-refractivity contribution in [1.29, 1.82) is 0 Å². The van der Waals surface area contributed by atoms with Gasteiger partial charge in [-0.2, -0.15) is 0 Å². The summed E-state index contributed by atoms with van der Waals surface area (Å²) >= 11 is 6.27. The molecule has 2 rings (SSSR count). The average Bonchev–Trinajstić information content (AvgIpc) is 2.92. The molecule has 20 heavy (non-hydrogen) atoms. The van der Waals surface area contributed by atoms with Crippen LogP contribution in [0.25, 0.3) is 0 Å². The van der Waals surface area contributed by atoms with Gasteiger partial charge in [-0.3, -0.25) is 0 Å². The highest BCUT2D eigenvalue weighted by Gasteiger charge is 2.34. The van der Waals surface area contributed by atoms with Crippen molar-refractivity contribution in [1.82, 2.24) is 5.32 Å². The van der Waals surface area contributed by atoms with Gasteiger partial charge >= 0.3 is 0 Å². The van der Waals surface area contributed by atoms with E-state index in [4.69, 9.17) is 21.1 Å². The van der Waals surface area contributed by atoms with E-state index < -0.39 is 0 Å². The van der Waals surface area contributed by atoms with Crippen LogP contribution in [0.3, 0.4) is 0 Å². The van der Waals surface area contributed by atoms with Crippen molar-refractivity contribution in [3.63, 3.8) is 0 Å². The maximum atomic E-state index is 6.27. The Hall–Kier alpha value is -0.770. The Bertz CT molecular complexity index is 438. The number of hydrogen-bond donors (Lipinski definition) is 1. The minimum Gasteiger partial charge on any atom is -0.495 e. The van der Waals surface area contributed by atoms with Gasteiger partial charge in [0.2, 0.25) is 0 Å². The van der Waals surface area contributed by atoms with Gasteiger partial charge in [-0.25, -0.2) is 0 Å². The zero-order chi connectivity index (χ0) is 14.5. The highest BCUT2D eigenvalue weighted by molar-refractivity contribution is 6.32. The molecule has 0 radical (unpaired) electrons. The fourth-order valence-electron chi connectivity index (χ4n) is 3.08. The molecule has 3 nitrogen and oxygen atoms in total. The Morgan fingerprint density at radius 3 is 2.85 bits per heavy atom. The monoisotopic (exact) mass is 297 g/mol. The Kier molecular flexibility index (Phi) is 5.70. The van der Waals surface area contributed by atoms with Crippen molar-refractivity contribution in [2.45, 2.75) is 38.8 Å². The second-order valence-electron chi connectivity index (χ2n) is 5.20. The van der Waals surface area contributed by atoms with Crippen molar-refractivity contribution in [3.05, 3.63) is 28.8 Å². The summed E-state index contributed by atoms with van der Waals surface area (Å²) in [5, 5.41) is 4.26. The molecule has 1 heterocycles. The SMILES string of the molecule is CCNC(c1ccc(OC)c(Cl)c1)C1CCOC1CC. The van der Waals surface area contributed by atoms with E-state index in [1.807, 2.05) is 12.1 Å². The second-order valence-corrected chi connectivity index (χ2v) is 5.61. The van der Waals surface area contributed by atoms with Crippen LogP contribution in [0.1, 0.15) is 38.3 Å². The molecule has 0 saturated carbocycles. The number of halogens is 1. The highest BCUT2D eigenvalue weighted by Crippen LogP contribution is 2.37. The molecule has 3 unspecified atom stereocenters. The lowest BCUT2D eigenvalue weighted by molar-refractivity contribution is 0.0776. The van der Waals surface area contributed by atoms with Gasteiger partial charge in [-0.05, 0) is 37.1 Å². The van der Waals surface area contributed by atoms with Crippen molar-refractivity contribution >= 4 is 11.6 Å². The van der Waals surface area contributed by atoms with Crippen molar-refractivity contribution in [3.8, 4) is 5.75 Å². The lowest BCUT2D eigenvalue weighted by Crippen LogP contribution is -2.32. The Balaban J connectivity index is 2.25. The first kappa shape index (κ1) is 15.6. The van der Waals surface area contributed by atoms with E-state index in [0.717, 1.165) is 31.7 Å². The molecule has 1 aromatic rings. The number of ether oxygens (including phenoxy) is 2. The van der Waals surface area contributed by atoms with Crippen LogP contribution < -0.4 is 10.1 Å². The molecule has 1 aliphatic rings. The topological polar surface area (TPSA) is 30.5 Å². The van der Waals surface area contributed by atoms with Crippen LogP contribution in [0.4, 0.5) is 0 Å². The van der Waals surface area contributed by atoms with E-state index >= 15 is 0 Å². The maximum Gasteiger partial charge on any atom is 0.137 e. The van der Waals surface area contributed by atoms with Gasteiger partial charge in [0.25, 0.3) is 0 Å². The molecule has 0 spiro atoms. The van der Waals surface area contributed by atoms with Crippen LogP contribution in [0.5, 0.6) is 5.75 Å². The first-order valence-corrected chi connectivity index (χ1v) is 7.77. The molecule has 1 saturated heterocycles. The first-order valence-electron chi connectivity index (χ1n) is 7.39. The summed E-state index contributed by atoms with van der Waals surface area (Å²) in [4.78, 5) is 0. The van der Waals surface area contributed by atoms with Crippen LogP contribution in [0.15, 0.2) is 18.2 Å². The molecule has 0 aromatic heterocycles. The summed E-state index contributed by atoms with van der Waals surface area (Å²) in [6, 6.07) is 6.34. The molecule has 112 valence electrons. The van der Waals surface area contributed by atoms with Gasteiger partial charge in [0, 0.05) is 18.6 Å². The number of rotatable bonds is 6. The lowest BCUT2D eigenvalue weighted by atomic mass is 9.86. The molecular weight excluding hydrogens is 274 g/mol. The Morgan fingerprint density at radius 1 is 1.45 bits per heavy atom. The predicted octanol–water partition coefficient (Wildman–Crippen LogP) is 3.81. The minimum atomic E-state index is 0.288. The Labute approximate surface area is 126 Å². The van der Waals surface area contributed by atoms with Gasteiger partial charge in [0.15, 0.2) is 0 Å². The van der Waals surface area contributed by atoms with Crippen LogP contribution >= 0.6 is 11.6 Å². The predicted molar refractivity (Wildman–Crippen MR) is 82.6 cm³/mol. The first-order chi connectivity index (χ1) is 9.71. The molecule has 0 amide bonds. The standard InChI is InChI=1S/C16H24ClNO2/c1-4-14-12(8-9-20-14)16(18-5-2)11-6-7-15(19-3)13(17)10-11/h6-7,10,12,14,16,18H,4-5,8-9H2,1-3H3. The summed E-state index contributed by atoms with van der Waals surface area (Å²) < 4.78 is 11.1. The van der Waals surface area contributed by atoms with Gasteiger partial charge in [-0.15, -0.1) is 0 Å². The fraction of sp³-hybridized carbons (Fsp3) is 0.625. The zero-order valence-corrected chi connectivity index (χ0v) is 13.2. The summed E-state index contributed by atoms with van der Waals surface area (Å²) in [5.41, 5.74) is 1.21. The third-order valence-corrected chi connectivity index (χ3v) is 4.35. The molecule has 1 aromatic carbocycles. The smallest absolute Gasteiger partial charge is 0.137 e. The van der Waals surface area contributed by atoms with Gasteiger partial charge < -0.3 is 14.8 Å². The number of benzene rings is 1. The van der Waals surface area contributed by atoms with E-state index in [-0.39, 0.29) is 6.04 Å². The summed E-state index contributed by atoms with van der Waals surface area (Å²) in [6.07, 6.45) is 2.48. The second kappa shape index (κ2) is 7.30. The Morgan fingerprint density at radius 2 is 2.25 bits per heavy atom. The molecule has 1 N–H and O–H groups in total. The normalized spacial score (nSPS) is 23.8. The van der Waals surface area contributed by atoms with Crippen molar-refractivity contribution in [2.24, 2.45) is 5.92 Å². The van der Waals surface area contributed by atoms with E-state index in [2.05, 4.69) is 25.2 Å². The van der Waals surface area contributed by atoms with Gasteiger partial charge in [-0.1, -0.05) is 31.5 Å². The quantitative estimate of drug-likeness (QED) is 0.866. The zero-order valence-electron chi connectivity index (χ0n) is 12.5. The molecule has 1 aliphatic heterocycles. The minimum absolute atomic E-state index is 0.288. The molecule has 4 heteroatoms. The van der Waals surface area contributed by atoms with Crippen LogP contribution in [-0.2, 0) is 4.74 Å². The van der Waals surface area contributed by atoms with E-state index in [1.165, 1.54) is 5.56 Å². The van der Waals surface area contributed by atoms with Crippen molar-refractivity contribution in [2.75, 3.05) is 20.3 Å². The molecule has 0 bridgehead atoms. The number of hydrogen-bond acceptors (Lipinski definition) is 3. The van der Waals surface area contributed by atoms with Crippen LogP contribution in [-0.4, -0.2) is 26.4 Å². The lowest BCUT2D eigenvalue weighted by Gasteiger charge is -2.28. The summed E-state index contributed by atoms with van der Waals surface area (Å²) in [5.74, 6) is 1.23. The van der Waals surface area contributed by atoms with Crippen molar-refractivity contribution < 1.29 is 9.47 Å². The number of methoxy groups -OCH3 is 1. The third kappa shape index (κ3) is 3.27. The fourth-order valence-corrected chi connectivity index (χ4v) is 3.35. The molecule has 1 fully saturated rings. The van der Waals surface area contributed by atoms with Crippen LogP contribution in [0.2, 0.25) is 5.02 Å². The largest absolute Gasteiger partial charge is 0.495 e. The number of nitrogens with one attached hydrogen (secondary N) is 1. The van der Waals surface area contributed by atoms with Gasteiger partial charge in [0.1, 0.15) is 5.75 Å². The molecule has 3 atom stereocenters. The molecular formula is C16H24ClNO2. The van der Waals surface area contributed by atoms with E-state index in [9.17, 15) is 0 Å². The van der Waals surface area contributed by atoms with Crippen LogP contribution in [0, 0.1) is 5.92 Å².